The molecule has 0 aliphatic heterocycles. The lowest BCUT2D eigenvalue weighted by Crippen LogP contribution is -2.41. The Balaban J connectivity index is 1.63. The van der Waals surface area contributed by atoms with E-state index in [0.29, 0.717) is 17.1 Å². The lowest BCUT2D eigenvalue weighted by atomic mass is 9.87. The van der Waals surface area contributed by atoms with Crippen LogP contribution in [0.15, 0.2) is 59.1 Å². The highest BCUT2D eigenvalue weighted by molar-refractivity contribution is 5.94. The molecule has 1 aromatic heterocycles. The number of nitrogens with one attached hydrogen (secondary N) is 1. The Labute approximate surface area is 170 Å². The number of carbonyl (C=O) groups is 1. The molecule has 1 aliphatic carbocycles. The van der Waals surface area contributed by atoms with E-state index in [4.69, 9.17) is 4.52 Å². The number of aryl methyl sites for hydroxylation is 2. The number of amides is 2. The minimum atomic E-state index is -0.260. The average molecular weight is 391 g/mol. The first-order chi connectivity index (χ1) is 14.2. The summed E-state index contributed by atoms with van der Waals surface area (Å²) >= 11 is 0. The maximum absolute atomic E-state index is 13.3. The summed E-state index contributed by atoms with van der Waals surface area (Å²) in [7, 11) is 0. The van der Waals surface area contributed by atoms with Crippen molar-refractivity contribution in [2.75, 3.05) is 18.5 Å². The highest BCUT2D eigenvalue weighted by atomic mass is 16.5. The van der Waals surface area contributed by atoms with E-state index < -0.39 is 0 Å². The van der Waals surface area contributed by atoms with Crippen LogP contribution >= 0.6 is 0 Å². The van der Waals surface area contributed by atoms with Crippen molar-refractivity contribution in [2.45, 2.75) is 32.2 Å². The van der Waals surface area contributed by atoms with E-state index in [-0.39, 0.29) is 25.2 Å². The van der Waals surface area contributed by atoms with Crippen LogP contribution in [0.5, 0.6) is 0 Å². The van der Waals surface area contributed by atoms with Crippen LogP contribution in [0.1, 0.15) is 35.7 Å². The molecule has 150 valence electrons. The first-order valence-electron chi connectivity index (χ1n) is 9.97. The predicted molar refractivity (Wildman–Crippen MR) is 112 cm³/mol. The van der Waals surface area contributed by atoms with Crippen LogP contribution in [0.2, 0.25) is 0 Å². The molecule has 2 N–H and O–H groups in total. The Kier molecular flexibility index (Phi) is 5.62. The van der Waals surface area contributed by atoms with E-state index in [1.54, 1.807) is 11.8 Å². The van der Waals surface area contributed by atoms with Crippen LogP contribution in [0.4, 0.5) is 10.5 Å². The summed E-state index contributed by atoms with van der Waals surface area (Å²) in [5.41, 5.74) is 4.46. The summed E-state index contributed by atoms with van der Waals surface area (Å²) in [6.45, 7) is 1.97. The van der Waals surface area contributed by atoms with Gasteiger partial charge in [-0.3, -0.25) is 0 Å². The van der Waals surface area contributed by atoms with Crippen molar-refractivity contribution in [3.05, 3.63) is 71.4 Å². The molecule has 1 aliphatic rings. The molecule has 0 saturated heterocycles. The van der Waals surface area contributed by atoms with Crippen molar-refractivity contribution in [1.29, 1.82) is 0 Å². The zero-order valence-electron chi connectivity index (χ0n) is 16.5. The Hall–Kier alpha value is -3.12. The number of hydrogen-bond donors (Lipinski definition) is 2. The van der Waals surface area contributed by atoms with E-state index >= 15 is 0 Å². The number of fused-ring (bicyclic) bond motifs is 1. The Morgan fingerprint density at radius 2 is 1.97 bits per heavy atom. The minimum absolute atomic E-state index is 0.0626. The Morgan fingerprint density at radius 1 is 1.21 bits per heavy atom. The summed E-state index contributed by atoms with van der Waals surface area (Å²) in [4.78, 5) is 15.0. The van der Waals surface area contributed by atoms with Gasteiger partial charge in [-0.15, -0.1) is 0 Å². The van der Waals surface area contributed by atoms with E-state index in [2.05, 4.69) is 22.6 Å². The van der Waals surface area contributed by atoms with Crippen molar-refractivity contribution in [3.8, 4) is 11.3 Å². The molecular weight excluding hydrogens is 366 g/mol. The molecule has 3 aromatic rings. The van der Waals surface area contributed by atoms with Crippen LogP contribution in [0.25, 0.3) is 11.3 Å². The van der Waals surface area contributed by atoms with Gasteiger partial charge in [0.25, 0.3) is 0 Å². The van der Waals surface area contributed by atoms with Gasteiger partial charge in [-0.25, -0.2) is 4.79 Å². The molecule has 0 saturated carbocycles. The summed E-state index contributed by atoms with van der Waals surface area (Å²) in [6, 6.07) is 17.5. The molecule has 1 atom stereocenters. The smallest absolute Gasteiger partial charge is 0.322 e. The third-order valence-corrected chi connectivity index (χ3v) is 5.45. The minimum Gasteiger partial charge on any atom is -0.395 e. The second-order valence-electron chi connectivity index (χ2n) is 7.29. The maximum atomic E-state index is 13.3. The summed E-state index contributed by atoms with van der Waals surface area (Å²) in [5, 5.41) is 16.7. The summed E-state index contributed by atoms with van der Waals surface area (Å²) in [6.07, 6.45) is 2.90. The zero-order chi connectivity index (χ0) is 20.2. The number of benzene rings is 2. The molecule has 29 heavy (non-hydrogen) atoms. The highest BCUT2D eigenvalue weighted by Gasteiger charge is 2.30. The van der Waals surface area contributed by atoms with Crippen LogP contribution in [0.3, 0.4) is 0 Å². The molecule has 0 fully saturated rings. The molecule has 0 bridgehead atoms. The molecule has 0 radical (unpaired) electrons. The van der Waals surface area contributed by atoms with Gasteiger partial charge in [-0.1, -0.05) is 59.8 Å². The van der Waals surface area contributed by atoms with E-state index in [0.717, 1.165) is 30.4 Å². The van der Waals surface area contributed by atoms with Crippen LogP contribution in [0, 0.1) is 6.92 Å². The Bertz CT molecular complexity index is 984. The van der Waals surface area contributed by atoms with Gasteiger partial charge < -0.3 is 19.8 Å². The topological polar surface area (TPSA) is 78.6 Å². The van der Waals surface area contributed by atoms with Gasteiger partial charge in [0.2, 0.25) is 0 Å². The standard InChI is InChI=1S/C23H25N3O3/c1-16-21(22(29-25-16)18-9-3-2-4-10-18)24-23(28)26(14-15-27)20-13-7-11-17-8-5-6-12-19(17)20/h2-6,8-10,12,20,27H,7,11,13-15H2,1H3,(H,24,28). The molecule has 6 heteroatoms. The first-order valence-corrected chi connectivity index (χ1v) is 9.97. The number of nitrogens with zero attached hydrogens (tertiary/aromatic N) is 2. The van der Waals surface area contributed by atoms with Gasteiger partial charge in [-0.05, 0) is 37.3 Å². The van der Waals surface area contributed by atoms with Gasteiger partial charge in [0.1, 0.15) is 11.4 Å². The SMILES string of the molecule is Cc1noc(-c2ccccc2)c1NC(=O)N(CCO)C1CCCc2ccccc21. The molecule has 0 spiro atoms. The normalized spacial score (nSPS) is 15.6. The Morgan fingerprint density at radius 3 is 2.76 bits per heavy atom. The number of aliphatic hydroxyl groups excluding tert-OH is 1. The predicted octanol–water partition coefficient (Wildman–Crippen LogP) is 4.55. The fourth-order valence-electron chi connectivity index (χ4n) is 4.04. The third kappa shape index (κ3) is 3.89. The third-order valence-electron chi connectivity index (χ3n) is 5.45. The molecule has 2 amide bonds. The number of aromatic nitrogens is 1. The molecule has 2 aromatic carbocycles. The summed E-state index contributed by atoms with van der Waals surface area (Å²) in [5.74, 6) is 0.532. The van der Waals surface area contributed by atoms with E-state index in [9.17, 15) is 9.90 Å². The quantitative estimate of drug-likeness (QED) is 0.669. The lowest BCUT2D eigenvalue weighted by Gasteiger charge is -2.35. The van der Waals surface area contributed by atoms with Gasteiger partial charge in [0.15, 0.2) is 5.76 Å². The lowest BCUT2D eigenvalue weighted by molar-refractivity contribution is 0.155. The fraction of sp³-hybridized carbons (Fsp3) is 0.304. The maximum Gasteiger partial charge on any atom is 0.322 e. The number of hydrogen-bond acceptors (Lipinski definition) is 4. The van der Waals surface area contributed by atoms with Crippen molar-refractivity contribution < 1.29 is 14.4 Å². The van der Waals surface area contributed by atoms with Crippen molar-refractivity contribution in [3.63, 3.8) is 0 Å². The number of anilines is 1. The largest absolute Gasteiger partial charge is 0.395 e. The van der Waals surface area contributed by atoms with Gasteiger partial charge in [-0.2, -0.15) is 0 Å². The highest BCUT2D eigenvalue weighted by Crippen LogP contribution is 2.36. The van der Waals surface area contributed by atoms with Gasteiger partial charge in [0, 0.05) is 12.1 Å². The average Bonchev–Trinajstić information content (AvgIpc) is 3.12. The monoisotopic (exact) mass is 391 g/mol. The second kappa shape index (κ2) is 8.49. The number of rotatable bonds is 5. The summed E-state index contributed by atoms with van der Waals surface area (Å²) < 4.78 is 5.49. The fourth-order valence-corrected chi connectivity index (χ4v) is 4.04. The van der Waals surface area contributed by atoms with Crippen molar-refractivity contribution in [2.24, 2.45) is 0 Å². The van der Waals surface area contributed by atoms with Gasteiger partial charge >= 0.3 is 6.03 Å². The zero-order valence-corrected chi connectivity index (χ0v) is 16.5. The first kappa shape index (κ1) is 19.2. The van der Waals surface area contributed by atoms with Crippen molar-refractivity contribution in [1.82, 2.24) is 10.1 Å². The number of aliphatic hydroxyl groups is 1. The molecule has 1 heterocycles. The molecule has 4 rings (SSSR count). The van der Waals surface area contributed by atoms with E-state index in [1.165, 1.54) is 5.56 Å². The van der Waals surface area contributed by atoms with E-state index in [1.807, 2.05) is 42.5 Å². The molecule has 6 nitrogen and oxygen atoms in total. The number of carbonyl (C=O) groups excluding carboxylic acids is 1. The molecule has 1 unspecified atom stereocenters. The second-order valence-corrected chi connectivity index (χ2v) is 7.29. The van der Waals surface area contributed by atoms with Crippen LogP contribution in [-0.4, -0.2) is 34.3 Å². The van der Waals surface area contributed by atoms with Crippen molar-refractivity contribution >= 4 is 11.7 Å². The van der Waals surface area contributed by atoms with Gasteiger partial charge in [0.05, 0.1) is 12.6 Å². The van der Waals surface area contributed by atoms with Crippen LogP contribution < -0.4 is 5.32 Å². The molecular formula is C23H25N3O3. The number of urea groups is 1. The van der Waals surface area contributed by atoms with Crippen LogP contribution in [-0.2, 0) is 6.42 Å².